The molecule has 4 rings (SSSR count). The van der Waals surface area contributed by atoms with E-state index < -0.39 is 5.60 Å². The van der Waals surface area contributed by atoms with Crippen molar-refractivity contribution in [1.82, 2.24) is 14.9 Å². The van der Waals surface area contributed by atoms with Gasteiger partial charge in [0, 0.05) is 6.04 Å². The maximum absolute atomic E-state index is 13.0. The molecule has 2 aromatic rings. The van der Waals surface area contributed by atoms with Crippen molar-refractivity contribution in [3.05, 3.63) is 26.0 Å². The van der Waals surface area contributed by atoms with Crippen LogP contribution in [0.15, 0.2) is 14.6 Å². The number of carbonyl (C=O) groups excluding carboxylic acids is 1. The minimum atomic E-state index is -0.558. The number of amides is 1. The SMILES string of the molecule is CC(C)(C)OC(=O)N1[C@H](c2nc3cc(Br)sc3c(=O)[nH]2)C[C@@H]2CCCC[C@@H]21. The van der Waals surface area contributed by atoms with Gasteiger partial charge in [-0.2, -0.15) is 0 Å². The highest BCUT2D eigenvalue weighted by molar-refractivity contribution is 9.11. The Morgan fingerprint density at radius 2 is 2.11 bits per heavy atom. The minimum Gasteiger partial charge on any atom is -0.444 e. The Hall–Kier alpha value is -1.41. The van der Waals surface area contributed by atoms with Gasteiger partial charge in [0.2, 0.25) is 0 Å². The van der Waals surface area contributed by atoms with Crippen molar-refractivity contribution in [2.45, 2.75) is 70.6 Å². The van der Waals surface area contributed by atoms with Crippen LogP contribution in [-0.4, -0.2) is 32.6 Å². The summed E-state index contributed by atoms with van der Waals surface area (Å²) < 4.78 is 7.18. The molecule has 6 nitrogen and oxygen atoms in total. The van der Waals surface area contributed by atoms with Crippen LogP contribution in [0.1, 0.15) is 64.7 Å². The summed E-state index contributed by atoms with van der Waals surface area (Å²) in [7, 11) is 0. The fourth-order valence-corrected chi connectivity index (χ4v) is 5.79. The van der Waals surface area contributed by atoms with E-state index in [1.165, 1.54) is 17.8 Å². The van der Waals surface area contributed by atoms with Gasteiger partial charge in [-0.05, 0) is 67.9 Å². The maximum Gasteiger partial charge on any atom is 0.411 e. The standard InChI is InChI=1S/C19H24BrN3O3S/c1-19(2,3)26-18(25)23-12-7-5-4-6-10(12)8-13(23)16-21-11-9-14(20)27-15(11)17(24)22-16/h9-10,12-13H,4-8H2,1-3H3,(H,21,22,24)/t10-,12-,13-/m0/s1. The molecule has 0 unspecified atom stereocenters. The number of aromatic nitrogens is 2. The Morgan fingerprint density at radius 3 is 2.85 bits per heavy atom. The second kappa shape index (κ2) is 6.88. The number of aromatic amines is 1. The molecule has 1 aliphatic carbocycles. The number of likely N-dealkylation sites (tertiary alicyclic amines) is 1. The molecule has 1 saturated heterocycles. The summed E-state index contributed by atoms with van der Waals surface area (Å²) in [6, 6.07) is 1.77. The molecule has 0 bridgehead atoms. The zero-order valence-electron chi connectivity index (χ0n) is 15.8. The first-order valence-corrected chi connectivity index (χ1v) is 11.0. The Bertz CT molecular complexity index is 932. The second-order valence-electron chi connectivity index (χ2n) is 8.47. The summed E-state index contributed by atoms with van der Waals surface area (Å²) >= 11 is 4.80. The van der Waals surface area contributed by atoms with Crippen LogP contribution in [0.3, 0.4) is 0 Å². The molecule has 0 spiro atoms. The second-order valence-corrected chi connectivity index (χ2v) is 10.9. The maximum atomic E-state index is 13.0. The Balaban J connectivity index is 1.74. The zero-order chi connectivity index (χ0) is 19.3. The molecule has 1 saturated carbocycles. The molecule has 1 N–H and O–H groups in total. The zero-order valence-corrected chi connectivity index (χ0v) is 18.2. The van der Waals surface area contributed by atoms with E-state index in [1.54, 1.807) is 0 Å². The number of nitrogens with one attached hydrogen (secondary N) is 1. The molecule has 2 fully saturated rings. The summed E-state index contributed by atoms with van der Waals surface area (Å²) in [4.78, 5) is 35.1. The lowest BCUT2D eigenvalue weighted by Crippen LogP contribution is -2.43. The van der Waals surface area contributed by atoms with Gasteiger partial charge in [0.15, 0.2) is 0 Å². The van der Waals surface area contributed by atoms with Crippen LogP contribution in [0.2, 0.25) is 0 Å². The summed E-state index contributed by atoms with van der Waals surface area (Å²) in [5, 5.41) is 0. The number of thiophene rings is 1. The average molecular weight is 454 g/mol. The molecule has 2 aromatic heterocycles. The van der Waals surface area contributed by atoms with E-state index in [-0.39, 0.29) is 23.7 Å². The lowest BCUT2D eigenvalue weighted by Gasteiger charge is -2.35. The quantitative estimate of drug-likeness (QED) is 0.659. The van der Waals surface area contributed by atoms with Gasteiger partial charge in [0.1, 0.15) is 16.1 Å². The lowest BCUT2D eigenvalue weighted by atomic mass is 9.85. The van der Waals surface area contributed by atoms with Crippen LogP contribution >= 0.6 is 27.3 Å². The van der Waals surface area contributed by atoms with Crippen molar-refractivity contribution in [1.29, 1.82) is 0 Å². The van der Waals surface area contributed by atoms with Gasteiger partial charge in [-0.3, -0.25) is 9.69 Å². The molecule has 3 atom stereocenters. The molecule has 27 heavy (non-hydrogen) atoms. The van der Waals surface area contributed by atoms with E-state index in [9.17, 15) is 9.59 Å². The van der Waals surface area contributed by atoms with Gasteiger partial charge in [0.05, 0.1) is 15.3 Å². The number of H-pyrrole nitrogens is 1. The Morgan fingerprint density at radius 1 is 1.37 bits per heavy atom. The van der Waals surface area contributed by atoms with Gasteiger partial charge in [0.25, 0.3) is 5.56 Å². The van der Waals surface area contributed by atoms with E-state index in [1.807, 2.05) is 31.7 Å². The highest BCUT2D eigenvalue weighted by atomic mass is 79.9. The number of hydrogen-bond acceptors (Lipinski definition) is 5. The predicted octanol–water partition coefficient (Wildman–Crippen LogP) is 4.99. The van der Waals surface area contributed by atoms with Crippen LogP contribution < -0.4 is 5.56 Å². The molecule has 8 heteroatoms. The summed E-state index contributed by atoms with van der Waals surface area (Å²) in [6.07, 6.45) is 4.91. The summed E-state index contributed by atoms with van der Waals surface area (Å²) in [6.45, 7) is 5.64. The third-order valence-electron chi connectivity index (χ3n) is 5.38. The van der Waals surface area contributed by atoms with Gasteiger partial charge < -0.3 is 9.72 Å². The van der Waals surface area contributed by atoms with E-state index in [0.29, 0.717) is 22.0 Å². The van der Waals surface area contributed by atoms with E-state index >= 15 is 0 Å². The first-order chi connectivity index (χ1) is 12.7. The molecular formula is C19H24BrN3O3S. The number of hydrogen-bond donors (Lipinski definition) is 1. The number of fused-ring (bicyclic) bond motifs is 2. The van der Waals surface area contributed by atoms with Crippen LogP contribution in [0.5, 0.6) is 0 Å². The van der Waals surface area contributed by atoms with E-state index in [0.717, 1.165) is 29.5 Å². The molecular weight excluding hydrogens is 430 g/mol. The number of halogens is 1. The van der Waals surface area contributed by atoms with Crippen molar-refractivity contribution in [2.75, 3.05) is 0 Å². The van der Waals surface area contributed by atoms with Crippen LogP contribution in [0.4, 0.5) is 4.79 Å². The number of ether oxygens (including phenoxy) is 1. The van der Waals surface area contributed by atoms with Gasteiger partial charge in [-0.15, -0.1) is 11.3 Å². The van der Waals surface area contributed by atoms with Crippen molar-refractivity contribution < 1.29 is 9.53 Å². The molecule has 0 radical (unpaired) electrons. The molecule has 146 valence electrons. The van der Waals surface area contributed by atoms with Crippen LogP contribution in [0, 0.1) is 5.92 Å². The molecule has 1 amide bonds. The monoisotopic (exact) mass is 453 g/mol. The summed E-state index contributed by atoms with van der Waals surface area (Å²) in [5.41, 5.74) is -0.0356. The Labute approximate surface area is 170 Å². The van der Waals surface area contributed by atoms with Crippen LogP contribution in [-0.2, 0) is 4.74 Å². The fraction of sp³-hybridized carbons (Fsp3) is 0.632. The first kappa shape index (κ1) is 18.9. The largest absolute Gasteiger partial charge is 0.444 e. The van der Waals surface area contributed by atoms with Crippen molar-refractivity contribution in [3.63, 3.8) is 0 Å². The third kappa shape index (κ3) is 3.66. The van der Waals surface area contributed by atoms with E-state index in [4.69, 9.17) is 9.72 Å². The first-order valence-electron chi connectivity index (χ1n) is 9.43. The average Bonchev–Trinajstić information content (AvgIpc) is 3.13. The highest BCUT2D eigenvalue weighted by Gasteiger charge is 2.47. The van der Waals surface area contributed by atoms with E-state index in [2.05, 4.69) is 20.9 Å². The number of carbonyl (C=O) groups is 1. The van der Waals surface area contributed by atoms with Gasteiger partial charge >= 0.3 is 6.09 Å². The fourth-order valence-electron chi connectivity index (χ4n) is 4.37. The third-order valence-corrected chi connectivity index (χ3v) is 7.01. The van der Waals surface area contributed by atoms with Gasteiger partial charge in [-0.25, -0.2) is 9.78 Å². The predicted molar refractivity (Wildman–Crippen MR) is 109 cm³/mol. The van der Waals surface area contributed by atoms with Gasteiger partial charge in [-0.1, -0.05) is 12.8 Å². The minimum absolute atomic E-state index is 0.148. The Kier molecular flexibility index (Phi) is 4.83. The number of nitrogens with zero attached hydrogens (tertiary/aromatic N) is 2. The topological polar surface area (TPSA) is 75.3 Å². The summed E-state index contributed by atoms with van der Waals surface area (Å²) in [5.74, 6) is 1.00. The van der Waals surface area contributed by atoms with Crippen LogP contribution in [0.25, 0.3) is 10.2 Å². The normalized spacial score (nSPS) is 25.6. The lowest BCUT2D eigenvalue weighted by molar-refractivity contribution is 0.00945. The molecule has 0 aromatic carbocycles. The molecule has 3 heterocycles. The molecule has 2 aliphatic rings. The van der Waals surface area contributed by atoms with Crippen molar-refractivity contribution in [2.24, 2.45) is 5.92 Å². The smallest absolute Gasteiger partial charge is 0.411 e. The molecule has 1 aliphatic heterocycles. The van der Waals surface area contributed by atoms with Crippen molar-refractivity contribution in [3.8, 4) is 0 Å². The highest BCUT2D eigenvalue weighted by Crippen LogP contribution is 2.46. The van der Waals surface area contributed by atoms with Crippen molar-refractivity contribution >= 4 is 43.6 Å². The number of rotatable bonds is 1.